The highest BCUT2D eigenvalue weighted by atomic mass is 79.9. The zero-order valence-electron chi connectivity index (χ0n) is 20.0. The molecule has 0 saturated heterocycles. The molecule has 0 aliphatic carbocycles. The number of hydrogen-bond donors (Lipinski definition) is 0. The fourth-order valence-corrected chi connectivity index (χ4v) is 5.00. The predicted molar refractivity (Wildman–Crippen MR) is 136 cm³/mol. The van der Waals surface area contributed by atoms with Gasteiger partial charge in [-0.25, -0.2) is 0 Å². The summed E-state index contributed by atoms with van der Waals surface area (Å²) >= 11 is 7.99. The third-order valence-electron chi connectivity index (χ3n) is 5.60. The highest BCUT2D eigenvalue weighted by Gasteiger charge is 2.30. The van der Waals surface area contributed by atoms with Gasteiger partial charge in [0, 0.05) is 11.1 Å². The monoisotopic (exact) mass is 538 g/mol. The number of alkyl halides is 2. The largest absolute Gasteiger partial charge is 0.496 e. The number of methoxy groups -OCH3 is 2. The summed E-state index contributed by atoms with van der Waals surface area (Å²) in [6, 6.07) is 9.01. The first kappa shape index (κ1) is 25.3. The van der Waals surface area contributed by atoms with Crippen molar-refractivity contribution in [2.24, 2.45) is 0 Å². The highest BCUT2D eigenvalue weighted by molar-refractivity contribution is 9.12. The van der Waals surface area contributed by atoms with Crippen LogP contribution in [0, 0.1) is 13.8 Å². The van der Waals surface area contributed by atoms with Gasteiger partial charge < -0.3 is 9.47 Å². The summed E-state index contributed by atoms with van der Waals surface area (Å²) in [7, 11) is 3.49. The molecule has 0 aliphatic heterocycles. The SMILES string of the molecule is COc1c(C)cc(C(C)(C)C)cc1C(Br)C(Br)c1cc(C(C)(C)C)cc(C)c1OC. The fourth-order valence-electron chi connectivity index (χ4n) is 3.75. The lowest BCUT2D eigenvalue weighted by Crippen LogP contribution is -2.15. The molecule has 2 aromatic rings. The van der Waals surface area contributed by atoms with Crippen LogP contribution in [0.3, 0.4) is 0 Å². The molecular formula is C26H36Br2O2. The van der Waals surface area contributed by atoms with Gasteiger partial charge in [-0.2, -0.15) is 0 Å². The van der Waals surface area contributed by atoms with Crippen molar-refractivity contribution < 1.29 is 9.47 Å². The first-order chi connectivity index (χ1) is 13.7. The van der Waals surface area contributed by atoms with E-state index in [1.165, 1.54) is 11.1 Å². The zero-order chi connectivity index (χ0) is 23.0. The third-order valence-corrected chi connectivity index (χ3v) is 8.35. The van der Waals surface area contributed by atoms with Crippen LogP contribution in [-0.2, 0) is 10.8 Å². The van der Waals surface area contributed by atoms with Gasteiger partial charge in [-0.15, -0.1) is 0 Å². The minimum atomic E-state index is 0.0111. The van der Waals surface area contributed by atoms with Gasteiger partial charge in [0.05, 0.1) is 23.9 Å². The van der Waals surface area contributed by atoms with Crippen LogP contribution in [0.1, 0.15) is 84.6 Å². The Bertz CT molecular complexity index is 829. The van der Waals surface area contributed by atoms with Crippen molar-refractivity contribution in [2.75, 3.05) is 14.2 Å². The maximum atomic E-state index is 5.83. The minimum Gasteiger partial charge on any atom is -0.496 e. The average molecular weight is 540 g/mol. The van der Waals surface area contributed by atoms with Crippen LogP contribution >= 0.6 is 31.9 Å². The summed E-state index contributed by atoms with van der Waals surface area (Å²) in [6.45, 7) is 17.7. The molecule has 166 valence electrons. The van der Waals surface area contributed by atoms with Gasteiger partial charge in [-0.3, -0.25) is 0 Å². The van der Waals surface area contributed by atoms with E-state index in [1.807, 2.05) is 0 Å². The molecule has 30 heavy (non-hydrogen) atoms. The van der Waals surface area contributed by atoms with E-state index in [9.17, 15) is 0 Å². The van der Waals surface area contributed by atoms with E-state index in [-0.39, 0.29) is 20.5 Å². The van der Waals surface area contributed by atoms with Gasteiger partial charge in [-0.1, -0.05) is 97.7 Å². The van der Waals surface area contributed by atoms with Crippen molar-refractivity contribution in [1.82, 2.24) is 0 Å². The number of rotatable bonds is 5. The molecule has 0 heterocycles. The van der Waals surface area contributed by atoms with E-state index >= 15 is 0 Å². The van der Waals surface area contributed by atoms with Crippen molar-refractivity contribution >= 4 is 31.9 Å². The molecule has 2 nitrogen and oxygen atoms in total. The Hall–Kier alpha value is -1.00. The van der Waals surface area contributed by atoms with Gasteiger partial charge in [-0.05, 0) is 46.9 Å². The van der Waals surface area contributed by atoms with E-state index in [0.29, 0.717) is 0 Å². The van der Waals surface area contributed by atoms with Gasteiger partial charge in [0.1, 0.15) is 11.5 Å². The van der Waals surface area contributed by atoms with Crippen LogP contribution in [0.4, 0.5) is 0 Å². The molecule has 0 fully saturated rings. The highest BCUT2D eigenvalue weighted by Crippen LogP contribution is 2.50. The molecule has 0 radical (unpaired) electrons. The van der Waals surface area contributed by atoms with Gasteiger partial charge >= 0.3 is 0 Å². The van der Waals surface area contributed by atoms with Gasteiger partial charge in [0.25, 0.3) is 0 Å². The Morgan fingerprint density at radius 2 is 0.933 bits per heavy atom. The molecule has 0 spiro atoms. The number of hydrogen-bond acceptors (Lipinski definition) is 2. The predicted octanol–water partition coefficient (Wildman–Crippen LogP) is 8.49. The Labute approximate surface area is 200 Å². The van der Waals surface area contributed by atoms with Crippen LogP contribution in [0.25, 0.3) is 0 Å². The number of benzene rings is 2. The van der Waals surface area contributed by atoms with Crippen molar-refractivity contribution in [3.8, 4) is 11.5 Å². The van der Waals surface area contributed by atoms with Crippen LogP contribution in [0.15, 0.2) is 24.3 Å². The summed E-state index contributed by atoms with van der Waals surface area (Å²) in [5.74, 6) is 1.86. The number of halogens is 2. The molecule has 2 aromatic carbocycles. The fraction of sp³-hybridized carbons (Fsp3) is 0.538. The lowest BCUT2D eigenvalue weighted by Gasteiger charge is -2.28. The molecule has 0 bridgehead atoms. The summed E-state index contributed by atoms with van der Waals surface area (Å²) in [4.78, 5) is 0.0222. The summed E-state index contributed by atoms with van der Waals surface area (Å²) in [5, 5.41) is 0. The standard InChI is InChI=1S/C26H36Br2O2/c1-15-11-17(25(3,4)5)13-19(23(15)29-9)21(27)22(28)20-14-18(26(6,7)8)12-16(2)24(20)30-10/h11-14,21-22H,1-10H3. The summed E-state index contributed by atoms with van der Waals surface area (Å²) in [5.41, 5.74) is 7.29. The maximum absolute atomic E-state index is 5.83. The summed E-state index contributed by atoms with van der Waals surface area (Å²) in [6.07, 6.45) is 0. The van der Waals surface area contributed by atoms with Gasteiger partial charge in [0.2, 0.25) is 0 Å². The van der Waals surface area contributed by atoms with E-state index in [1.54, 1.807) is 14.2 Å². The van der Waals surface area contributed by atoms with Crippen LogP contribution in [0.2, 0.25) is 0 Å². The molecule has 0 N–H and O–H groups in total. The number of ether oxygens (including phenoxy) is 2. The first-order valence-electron chi connectivity index (χ1n) is 10.4. The van der Waals surface area contributed by atoms with Gasteiger partial charge in [0.15, 0.2) is 0 Å². The average Bonchev–Trinajstić information content (AvgIpc) is 2.63. The van der Waals surface area contributed by atoms with Crippen molar-refractivity contribution in [2.45, 2.75) is 75.9 Å². The maximum Gasteiger partial charge on any atom is 0.126 e. The molecule has 0 aromatic heterocycles. The Kier molecular flexibility index (Phi) is 7.78. The summed E-state index contributed by atoms with van der Waals surface area (Å²) < 4.78 is 11.7. The van der Waals surface area contributed by atoms with Crippen LogP contribution < -0.4 is 9.47 Å². The molecule has 0 saturated carbocycles. The van der Waals surface area contributed by atoms with E-state index in [0.717, 1.165) is 33.8 Å². The molecule has 4 heteroatoms. The molecule has 2 rings (SSSR count). The molecular weight excluding hydrogens is 504 g/mol. The number of aryl methyl sites for hydroxylation is 2. The molecule has 0 amide bonds. The second-order valence-corrected chi connectivity index (χ2v) is 12.1. The van der Waals surface area contributed by atoms with E-state index in [2.05, 4.69) is 112 Å². The smallest absolute Gasteiger partial charge is 0.126 e. The zero-order valence-corrected chi connectivity index (χ0v) is 23.2. The van der Waals surface area contributed by atoms with E-state index < -0.39 is 0 Å². The quantitative estimate of drug-likeness (QED) is 0.354. The van der Waals surface area contributed by atoms with Crippen LogP contribution in [-0.4, -0.2) is 14.2 Å². The molecule has 2 unspecified atom stereocenters. The second-order valence-electron chi connectivity index (χ2n) is 10.1. The van der Waals surface area contributed by atoms with E-state index in [4.69, 9.17) is 9.47 Å². The van der Waals surface area contributed by atoms with Crippen molar-refractivity contribution in [3.05, 3.63) is 57.6 Å². The first-order valence-corrected chi connectivity index (χ1v) is 12.2. The molecule has 2 atom stereocenters. The van der Waals surface area contributed by atoms with Crippen LogP contribution in [0.5, 0.6) is 11.5 Å². The minimum absolute atomic E-state index is 0.0111. The Morgan fingerprint density at radius 1 is 0.633 bits per heavy atom. The second kappa shape index (κ2) is 9.24. The van der Waals surface area contributed by atoms with Crippen molar-refractivity contribution in [3.63, 3.8) is 0 Å². The van der Waals surface area contributed by atoms with Crippen molar-refractivity contribution in [1.29, 1.82) is 0 Å². The third kappa shape index (κ3) is 5.24. The molecule has 0 aliphatic rings. The lowest BCUT2D eigenvalue weighted by molar-refractivity contribution is 0.401. The lowest BCUT2D eigenvalue weighted by atomic mass is 9.83. The normalized spacial score (nSPS) is 14.4. The Balaban J connectivity index is 2.66. The topological polar surface area (TPSA) is 18.5 Å². The Morgan fingerprint density at radius 3 is 1.17 bits per heavy atom.